The summed E-state index contributed by atoms with van der Waals surface area (Å²) >= 11 is 0. The molecule has 2 aromatic carbocycles. The SMILES string of the molecule is COc1ccc(NCCC(c2ccccc2)c2ccccn2)cc1. The van der Waals surface area contributed by atoms with Crippen molar-refractivity contribution in [2.75, 3.05) is 19.0 Å². The molecule has 3 aromatic rings. The normalized spacial score (nSPS) is 11.7. The van der Waals surface area contributed by atoms with Gasteiger partial charge in [0.05, 0.1) is 7.11 Å². The first kappa shape index (κ1) is 16.1. The molecular weight excluding hydrogens is 296 g/mol. The molecule has 0 bridgehead atoms. The molecule has 3 heteroatoms. The number of ether oxygens (including phenoxy) is 1. The molecule has 0 amide bonds. The zero-order chi connectivity index (χ0) is 16.6. The van der Waals surface area contributed by atoms with Crippen LogP contribution in [0, 0.1) is 0 Å². The van der Waals surface area contributed by atoms with Gasteiger partial charge < -0.3 is 10.1 Å². The molecule has 3 rings (SSSR count). The van der Waals surface area contributed by atoms with Crippen molar-refractivity contribution in [1.82, 2.24) is 4.98 Å². The Labute approximate surface area is 143 Å². The summed E-state index contributed by atoms with van der Waals surface area (Å²) < 4.78 is 5.19. The van der Waals surface area contributed by atoms with Crippen LogP contribution in [-0.2, 0) is 0 Å². The van der Waals surface area contributed by atoms with E-state index in [9.17, 15) is 0 Å². The molecular formula is C21H22N2O. The Bertz CT molecular complexity index is 687. The number of methoxy groups -OCH3 is 1. The van der Waals surface area contributed by atoms with E-state index >= 15 is 0 Å². The predicted octanol–water partition coefficient (Wildman–Crippen LogP) is 4.72. The van der Waals surface area contributed by atoms with Crippen molar-refractivity contribution in [1.29, 1.82) is 0 Å². The Balaban J connectivity index is 1.68. The molecule has 0 fully saturated rings. The molecule has 24 heavy (non-hydrogen) atoms. The number of nitrogens with one attached hydrogen (secondary N) is 1. The summed E-state index contributed by atoms with van der Waals surface area (Å²) in [5.41, 5.74) is 3.51. The lowest BCUT2D eigenvalue weighted by Crippen LogP contribution is -2.10. The van der Waals surface area contributed by atoms with E-state index in [1.54, 1.807) is 7.11 Å². The van der Waals surface area contributed by atoms with Gasteiger partial charge in [-0.15, -0.1) is 0 Å². The lowest BCUT2D eigenvalue weighted by atomic mass is 9.92. The lowest BCUT2D eigenvalue weighted by molar-refractivity contribution is 0.415. The van der Waals surface area contributed by atoms with Crippen LogP contribution >= 0.6 is 0 Å². The molecule has 1 atom stereocenters. The van der Waals surface area contributed by atoms with Gasteiger partial charge in [-0.1, -0.05) is 36.4 Å². The maximum atomic E-state index is 5.19. The molecule has 0 saturated heterocycles. The average molecular weight is 318 g/mol. The summed E-state index contributed by atoms with van der Waals surface area (Å²) in [6.07, 6.45) is 2.84. The number of hydrogen-bond donors (Lipinski definition) is 1. The minimum absolute atomic E-state index is 0.290. The van der Waals surface area contributed by atoms with Crippen LogP contribution in [0.1, 0.15) is 23.6 Å². The van der Waals surface area contributed by atoms with Gasteiger partial charge in [0, 0.05) is 30.0 Å². The van der Waals surface area contributed by atoms with Crippen molar-refractivity contribution >= 4 is 5.69 Å². The summed E-state index contributed by atoms with van der Waals surface area (Å²) in [4.78, 5) is 4.56. The fourth-order valence-corrected chi connectivity index (χ4v) is 2.82. The molecule has 1 aromatic heterocycles. The van der Waals surface area contributed by atoms with Crippen LogP contribution in [-0.4, -0.2) is 18.6 Å². The first-order chi connectivity index (χ1) is 11.9. The number of pyridine rings is 1. The first-order valence-corrected chi connectivity index (χ1v) is 8.20. The van der Waals surface area contributed by atoms with Gasteiger partial charge in [-0.2, -0.15) is 0 Å². The molecule has 1 heterocycles. The Kier molecular flexibility index (Phi) is 5.46. The lowest BCUT2D eigenvalue weighted by Gasteiger charge is -2.18. The second-order valence-electron chi connectivity index (χ2n) is 5.66. The van der Waals surface area contributed by atoms with Crippen molar-refractivity contribution in [3.05, 3.63) is 90.3 Å². The predicted molar refractivity (Wildman–Crippen MR) is 98.6 cm³/mol. The summed E-state index contributed by atoms with van der Waals surface area (Å²) in [6, 6.07) is 24.7. The van der Waals surface area contributed by atoms with E-state index in [4.69, 9.17) is 4.74 Å². The average Bonchev–Trinajstić information content (AvgIpc) is 2.67. The molecule has 0 saturated carbocycles. The van der Waals surface area contributed by atoms with Crippen molar-refractivity contribution < 1.29 is 4.74 Å². The molecule has 0 aliphatic heterocycles. The summed E-state index contributed by atoms with van der Waals surface area (Å²) in [6.45, 7) is 0.877. The highest BCUT2D eigenvalue weighted by atomic mass is 16.5. The maximum absolute atomic E-state index is 5.19. The smallest absolute Gasteiger partial charge is 0.119 e. The second kappa shape index (κ2) is 8.16. The molecule has 0 aliphatic rings. The van der Waals surface area contributed by atoms with Crippen LogP contribution in [0.25, 0.3) is 0 Å². The molecule has 3 nitrogen and oxygen atoms in total. The topological polar surface area (TPSA) is 34.1 Å². The third-order valence-corrected chi connectivity index (χ3v) is 4.10. The number of aromatic nitrogens is 1. The minimum atomic E-state index is 0.290. The van der Waals surface area contributed by atoms with E-state index in [0.29, 0.717) is 0 Å². The van der Waals surface area contributed by atoms with Crippen molar-refractivity contribution in [2.45, 2.75) is 12.3 Å². The fraction of sp³-hybridized carbons (Fsp3) is 0.190. The van der Waals surface area contributed by atoms with Crippen molar-refractivity contribution in [3.8, 4) is 5.75 Å². The highest BCUT2D eigenvalue weighted by Crippen LogP contribution is 2.26. The van der Waals surface area contributed by atoms with Gasteiger partial charge >= 0.3 is 0 Å². The molecule has 0 aliphatic carbocycles. The van der Waals surface area contributed by atoms with Crippen LogP contribution in [0.2, 0.25) is 0 Å². The van der Waals surface area contributed by atoms with Gasteiger partial charge in [-0.25, -0.2) is 0 Å². The standard InChI is InChI=1S/C21H22N2O/c1-24-19-12-10-18(11-13-19)22-16-14-20(17-7-3-2-4-8-17)21-9-5-6-15-23-21/h2-13,15,20,22H,14,16H2,1H3. The minimum Gasteiger partial charge on any atom is -0.497 e. The van der Waals surface area contributed by atoms with E-state index in [-0.39, 0.29) is 5.92 Å². The number of nitrogens with zero attached hydrogens (tertiary/aromatic N) is 1. The molecule has 1 N–H and O–H groups in total. The highest BCUT2D eigenvalue weighted by Gasteiger charge is 2.14. The van der Waals surface area contributed by atoms with Crippen molar-refractivity contribution in [3.63, 3.8) is 0 Å². The first-order valence-electron chi connectivity index (χ1n) is 8.20. The van der Waals surface area contributed by atoms with E-state index in [1.807, 2.05) is 36.5 Å². The van der Waals surface area contributed by atoms with Crippen LogP contribution in [0.5, 0.6) is 5.75 Å². The van der Waals surface area contributed by atoms with Crippen LogP contribution in [0.3, 0.4) is 0 Å². The van der Waals surface area contributed by atoms with Gasteiger partial charge in [0.25, 0.3) is 0 Å². The number of benzene rings is 2. The largest absolute Gasteiger partial charge is 0.497 e. The van der Waals surface area contributed by atoms with Gasteiger partial charge in [0.15, 0.2) is 0 Å². The van der Waals surface area contributed by atoms with E-state index in [2.05, 4.69) is 52.8 Å². The Morgan fingerprint density at radius 1 is 0.917 bits per heavy atom. The number of anilines is 1. The van der Waals surface area contributed by atoms with Gasteiger partial charge in [0.1, 0.15) is 5.75 Å². The maximum Gasteiger partial charge on any atom is 0.119 e. The molecule has 0 spiro atoms. The summed E-state index contributed by atoms with van der Waals surface area (Å²) in [7, 11) is 1.68. The number of hydrogen-bond acceptors (Lipinski definition) is 3. The monoisotopic (exact) mass is 318 g/mol. The molecule has 1 unspecified atom stereocenters. The van der Waals surface area contributed by atoms with Crippen LogP contribution in [0.4, 0.5) is 5.69 Å². The van der Waals surface area contributed by atoms with Crippen molar-refractivity contribution in [2.24, 2.45) is 0 Å². The van der Waals surface area contributed by atoms with Crippen LogP contribution in [0.15, 0.2) is 79.0 Å². The quantitative estimate of drug-likeness (QED) is 0.684. The van der Waals surface area contributed by atoms with Gasteiger partial charge in [0.2, 0.25) is 0 Å². The molecule has 0 radical (unpaired) electrons. The van der Waals surface area contributed by atoms with E-state index < -0.39 is 0 Å². The zero-order valence-electron chi connectivity index (χ0n) is 13.9. The Morgan fingerprint density at radius 2 is 1.67 bits per heavy atom. The third kappa shape index (κ3) is 4.13. The Morgan fingerprint density at radius 3 is 2.33 bits per heavy atom. The third-order valence-electron chi connectivity index (χ3n) is 4.10. The second-order valence-corrected chi connectivity index (χ2v) is 5.66. The highest BCUT2D eigenvalue weighted by molar-refractivity contribution is 5.46. The Hall–Kier alpha value is -2.81. The van der Waals surface area contributed by atoms with E-state index in [1.165, 1.54) is 5.56 Å². The summed E-state index contributed by atoms with van der Waals surface area (Å²) in [5.74, 6) is 1.16. The zero-order valence-corrected chi connectivity index (χ0v) is 13.9. The summed E-state index contributed by atoms with van der Waals surface area (Å²) in [5, 5.41) is 3.48. The number of rotatable bonds is 7. The molecule has 122 valence electrons. The van der Waals surface area contributed by atoms with Gasteiger partial charge in [-0.05, 0) is 48.4 Å². The fourth-order valence-electron chi connectivity index (χ4n) is 2.82. The van der Waals surface area contributed by atoms with Gasteiger partial charge in [-0.3, -0.25) is 4.98 Å². The van der Waals surface area contributed by atoms with E-state index in [0.717, 1.165) is 30.1 Å². The van der Waals surface area contributed by atoms with Crippen LogP contribution < -0.4 is 10.1 Å².